The maximum Gasteiger partial charge on any atom is 0.170 e. The Balaban J connectivity index is 1.61. The minimum atomic E-state index is 0.306. The molecular weight excluding hydrogens is 354 g/mol. The topological polar surface area (TPSA) is 36.5 Å². The van der Waals surface area contributed by atoms with E-state index in [0.29, 0.717) is 11.2 Å². The van der Waals surface area contributed by atoms with E-state index in [2.05, 4.69) is 58.9 Å². The van der Waals surface area contributed by atoms with Crippen molar-refractivity contribution < 1.29 is 4.74 Å². The minimum Gasteiger partial charge on any atom is -0.497 e. The van der Waals surface area contributed by atoms with Crippen LogP contribution in [0.15, 0.2) is 48.5 Å². The molecule has 1 aliphatic rings. The zero-order valence-electron chi connectivity index (χ0n) is 16.2. The SMILES string of the molecule is CCc1ccc(NC(=S)NC[C@H](c2ccc(OC)cc2)N2CCCC2)cc1. The molecule has 0 amide bonds. The van der Waals surface area contributed by atoms with E-state index in [4.69, 9.17) is 17.0 Å². The van der Waals surface area contributed by atoms with Crippen molar-refractivity contribution in [1.29, 1.82) is 0 Å². The number of benzene rings is 2. The van der Waals surface area contributed by atoms with E-state index in [9.17, 15) is 0 Å². The van der Waals surface area contributed by atoms with Crippen LogP contribution in [0.3, 0.4) is 0 Å². The van der Waals surface area contributed by atoms with E-state index in [1.54, 1.807) is 7.11 Å². The third-order valence-corrected chi connectivity index (χ3v) is 5.40. The smallest absolute Gasteiger partial charge is 0.170 e. The van der Waals surface area contributed by atoms with Crippen LogP contribution in [-0.2, 0) is 6.42 Å². The Morgan fingerprint density at radius 1 is 1.07 bits per heavy atom. The molecule has 0 spiro atoms. The van der Waals surface area contributed by atoms with Crippen molar-refractivity contribution in [1.82, 2.24) is 10.2 Å². The summed E-state index contributed by atoms with van der Waals surface area (Å²) in [7, 11) is 1.70. The average molecular weight is 384 g/mol. The summed E-state index contributed by atoms with van der Waals surface area (Å²) in [5, 5.41) is 7.37. The third-order valence-electron chi connectivity index (χ3n) is 5.16. The van der Waals surface area contributed by atoms with Gasteiger partial charge in [0.25, 0.3) is 0 Å². The number of anilines is 1. The Labute approximate surface area is 167 Å². The second-order valence-corrected chi connectivity index (χ2v) is 7.33. The van der Waals surface area contributed by atoms with Crippen LogP contribution in [-0.4, -0.2) is 36.8 Å². The van der Waals surface area contributed by atoms with Crippen molar-refractivity contribution >= 4 is 23.0 Å². The fourth-order valence-electron chi connectivity index (χ4n) is 3.53. The highest BCUT2D eigenvalue weighted by Crippen LogP contribution is 2.26. The number of hydrogen-bond acceptors (Lipinski definition) is 3. The van der Waals surface area contributed by atoms with E-state index in [1.165, 1.54) is 24.0 Å². The van der Waals surface area contributed by atoms with Gasteiger partial charge in [0.1, 0.15) is 5.75 Å². The van der Waals surface area contributed by atoms with Crippen LogP contribution in [0.25, 0.3) is 0 Å². The molecular formula is C22H29N3OS. The number of aryl methyl sites for hydroxylation is 1. The highest BCUT2D eigenvalue weighted by atomic mass is 32.1. The lowest BCUT2D eigenvalue weighted by Gasteiger charge is -2.29. The molecule has 0 radical (unpaired) electrons. The second kappa shape index (κ2) is 9.72. The molecule has 144 valence electrons. The first kappa shape index (κ1) is 19.6. The largest absolute Gasteiger partial charge is 0.497 e. The number of methoxy groups -OCH3 is 1. The molecule has 1 atom stereocenters. The lowest BCUT2D eigenvalue weighted by atomic mass is 10.1. The monoisotopic (exact) mass is 383 g/mol. The van der Waals surface area contributed by atoms with Crippen LogP contribution in [0.4, 0.5) is 5.69 Å². The molecule has 4 nitrogen and oxygen atoms in total. The number of rotatable bonds is 7. The van der Waals surface area contributed by atoms with Crippen molar-refractivity contribution in [2.45, 2.75) is 32.2 Å². The van der Waals surface area contributed by atoms with Gasteiger partial charge in [-0.05, 0) is 80.0 Å². The van der Waals surface area contributed by atoms with Crippen LogP contribution in [0.1, 0.15) is 36.9 Å². The summed E-state index contributed by atoms with van der Waals surface area (Å²) in [4.78, 5) is 2.54. The summed E-state index contributed by atoms with van der Waals surface area (Å²) in [6.45, 7) is 5.21. The molecule has 0 saturated carbocycles. The van der Waals surface area contributed by atoms with Gasteiger partial charge in [-0.15, -0.1) is 0 Å². The minimum absolute atomic E-state index is 0.306. The van der Waals surface area contributed by atoms with Crippen molar-refractivity contribution in [3.8, 4) is 5.75 Å². The first-order valence-corrected chi connectivity index (χ1v) is 10.1. The fraction of sp³-hybridized carbons (Fsp3) is 0.409. The lowest BCUT2D eigenvalue weighted by Crippen LogP contribution is -2.38. The number of likely N-dealkylation sites (tertiary alicyclic amines) is 1. The van der Waals surface area contributed by atoms with E-state index in [0.717, 1.165) is 37.5 Å². The number of thiocarbonyl (C=S) groups is 1. The van der Waals surface area contributed by atoms with Gasteiger partial charge in [0, 0.05) is 12.2 Å². The van der Waals surface area contributed by atoms with E-state index < -0.39 is 0 Å². The first-order valence-electron chi connectivity index (χ1n) is 9.71. The van der Waals surface area contributed by atoms with Gasteiger partial charge in [-0.25, -0.2) is 0 Å². The van der Waals surface area contributed by atoms with Crippen LogP contribution in [0.5, 0.6) is 5.75 Å². The van der Waals surface area contributed by atoms with E-state index in [-0.39, 0.29) is 0 Å². The summed E-state index contributed by atoms with van der Waals surface area (Å²) >= 11 is 5.52. The van der Waals surface area contributed by atoms with E-state index in [1.807, 2.05) is 12.1 Å². The maximum absolute atomic E-state index is 5.52. The zero-order valence-corrected chi connectivity index (χ0v) is 17.0. The van der Waals surface area contributed by atoms with Gasteiger partial charge in [0.2, 0.25) is 0 Å². The quantitative estimate of drug-likeness (QED) is 0.694. The van der Waals surface area contributed by atoms with Gasteiger partial charge in [0.05, 0.1) is 13.2 Å². The molecule has 27 heavy (non-hydrogen) atoms. The Morgan fingerprint density at radius 2 is 1.74 bits per heavy atom. The van der Waals surface area contributed by atoms with Gasteiger partial charge >= 0.3 is 0 Å². The van der Waals surface area contributed by atoms with Gasteiger partial charge in [-0.1, -0.05) is 31.2 Å². The predicted octanol–water partition coefficient (Wildman–Crippen LogP) is 4.38. The Bertz CT molecular complexity index is 724. The van der Waals surface area contributed by atoms with Crippen LogP contribution in [0, 0.1) is 0 Å². The summed E-state index contributed by atoms with van der Waals surface area (Å²) < 4.78 is 5.30. The normalized spacial score (nSPS) is 15.3. The Morgan fingerprint density at radius 3 is 2.33 bits per heavy atom. The van der Waals surface area contributed by atoms with Crippen molar-refractivity contribution in [3.05, 3.63) is 59.7 Å². The Kier molecular flexibility index (Phi) is 7.07. The number of ether oxygens (including phenoxy) is 1. The number of nitrogens with one attached hydrogen (secondary N) is 2. The molecule has 0 aromatic heterocycles. The zero-order chi connectivity index (χ0) is 19.1. The van der Waals surface area contributed by atoms with Gasteiger partial charge in [0.15, 0.2) is 5.11 Å². The molecule has 0 bridgehead atoms. The second-order valence-electron chi connectivity index (χ2n) is 6.92. The number of nitrogens with zero attached hydrogens (tertiary/aromatic N) is 1. The third kappa shape index (κ3) is 5.44. The van der Waals surface area contributed by atoms with Gasteiger partial charge in [-0.2, -0.15) is 0 Å². The van der Waals surface area contributed by atoms with Gasteiger partial charge in [-0.3, -0.25) is 4.90 Å². The molecule has 2 N–H and O–H groups in total. The predicted molar refractivity (Wildman–Crippen MR) is 117 cm³/mol. The number of hydrogen-bond donors (Lipinski definition) is 2. The standard InChI is InChI=1S/C22H29N3OS/c1-3-17-6-10-19(11-7-17)24-22(27)23-16-21(25-14-4-5-15-25)18-8-12-20(26-2)13-9-18/h6-13,21H,3-5,14-16H2,1-2H3,(H2,23,24,27)/t21-/m1/s1. The van der Waals surface area contributed by atoms with Crippen LogP contribution < -0.4 is 15.4 Å². The molecule has 2 aromatic carbocycles. The lowest BCUT2D eigenvalue weighted by molar-refractivity contribution is 0.246. The molecule has 1 heterocycles. The highest BCUT2D eigenvalue weighted by molar-refractivity contribution is 7.80. The summed E-state index contributed by atoms with van der Waals surface area (Å²) in [6.07, 6.45) is 3.57. The summed E-state index contributed by atoms with van der Waals surface area (Å²) in [6, 6.07) is 17.1. The highest BCUT2D eigenvalue weighted by Gasteiger charge is 2.23. The average Bonchev–Trinajstić information content (AvgIpc) is 3.24. The Hall–Kier alpha value is -2.11. The van der Waals surface area contributed by atoms with E-state index >= 15 is 0 Å². The van der Waals surface area contributed by atoms with Crippen molar-refractivity contribution in [3.63, 3.8) is 0 Å². The molecule has 1 aliphatic heterocycles. The maximum atomic E-state index is 5.52. The molecule has 1 fully saturated rings. The van der Waals surface area contributed by atoms with Crippen LogP contribution in [0.2, 0.25) is 0 Å². The molecule has 2 aromatic rings. The summed E-state index contributed by atoms with van der Waals surface area (Å²) in [5.41, 5.74) is 3.64. The molecule has 5 heteroatoms. The molecule has 0 aliphatic carbocycles. The van der Waals surface area contributed by atoms with Crippen molar-refractivity contribution in [2.75, 3.05) is 32.1 Å². The van der Waals surface area contributed by atoms with Crippen LogP contribution >= 0.6 is 12.2 Å². The van der Waals surface area contributed by atoms with Crippen molar-refractivity contribution in [2.24, 2.45) is 0 Å². The van der Waals surface area contributed by atoms with Gasteiger partial charge < -0.3 is 15.4 Å². The molecule has 3 rings (SSSR count). The fourth-order valence-corrected chi connectivity index (χ4v) is 3.73. The first-order chi connectivity index (χ1) is 13.2. The summed E-state index contributed by atoms with van der Waals surface area (Å²) in [5.74, 6) is 0.889. The molecule has 1 saturated heterocycles. The molecule has 0 unspecified atom stereocenters.